The maximum absolute atomic E-state index is 5.63. The third kappa shape index (κ3) is 5.31. The second kappa shape index (κ2) is 8.23. The van der Waals surface area contributed by atoms with Crippen LogP contribution in [0.4, 0.5) is 0 Å². The lowest BCUT2D eigenvalue weighted by Crippen LogP contribution is -2.21. The smallest absolute Gasteiger partial charge is 0.0474 e. The maximum Gasteiger partial charge on any atom is 0.0474 e. The minimum absolute atomic E-state index is 0.713. The first-order valence-electron chi connectivity index (χ1n) is 6.22. The molecule has 0 aliphatic carbocycles. The number of hydrogen-bond donors (Lipinski definition) is 1. The largest absolute Gasteiger partial charge is 0.385 e. The number of rotatable bonds is 8. The standard InChI is InChI=1S/C14H24N2O/c1-16(10-5-11-17-2)12-14-7-4-3-6-13(14)8-9-15/h3-4,6-7H,5,8-12,15H2,1-2H3. The quantitative estimate of drug-likeness (QED) is 0.698. The van der Waals surface area contributed by atoms with Crippen LogP contribution in [-0.2, 0) is 17.7 Å². The van der Waals surface area contributed by atoms with Gasteiger partial charge < -0.3 is 15.4 Å². The predicted octanol–water partition coefficient (Wildman–Crippen LogP) is 1.66. The first-order chi connectivity index (χ1) is 8.27. The Morgan fingerprint density at radius 2 is 1.94 bits per heavy atom. The number of methoxy groups -OCH3 is 1. The highest BCUT2D eigenvalue weighted by atomic mass is 16.5. The molecule has 0 saturated carbocycles. The summed E-state index contributed by atoms with van der Waals surface area (Å²) >= 11 is 0. The van der Waals surface area contributed by atoms with Crippen LogP contribution in [0.1, 0.15) is 17.5 Å². The molecule has 0 heterocycles. The van der Waals surface area contributed by atoms with Gasteiger partial charge in [0.25, 0.3) is 0 Å². The lowest BCUT2D eigenvalue weighted by atomic mass is 10.0. The van der Waals surface area contributed by atoms with Gasteiger partial charge in [0.15, 0.2) is 0 Å². The molecule has 0 fully saturated rings. The average molecular weight is 236 g/mol. The first kappa shape index (κ1) is 14.2. The SMILES string of the molecule is COCCCN(C)Cc1ccccc1CCN. The van der Waals surface area contributed by atoms with Crippen LogP contribution in [0.25, 0.3) is 0 Å². The van der Waals surface area contributed by atoms with Crippen molar-refractivity contribution >= 4 is 0 Å². The lowest BCUT2D eigenvalue weighted by molar-refractivity contribution is 0.178. The molecule has 0 aromatic heterocycles. The Morgan fingerprint density at radius 3 is 2.59 bits per heavy atom. The van der Waals surface area contributed by atoms with E-state index in [0.717, 1.165) is 32.5 Å². The van der Waals surface area contributed by atoms with E-state index in [1.165, 1.54) is 11.1 Å². The number of hydrogen-bond acceptors (Lipinski definition) is 3. The van der Waals surface area contributed by atoms with Gasteiger partial charge in [0.2, 0.25) is 0 Å². The van der Waals surface area contributed by atoms with Crippen molar-refractivity contribution in [3.63, 3.8) is 0 Å². The monoisotopic (exact) mass is 236 g/mol. The molecule has 2 N–H and O–H groups in total. The van der Waals surface area contributed by atoms with E-state index in [4.69, 9.17) is 10.5 Å². The molecule has 0 bridgehead atoms. The average Bonchev–Trinajstić information content (AvgIpc) is 2.32. The van der Waals surface area contributed by atoms with E-state index in [9.17, 15) is 0 Å². The second-order valence-electron chi connectivity index (χ2n) is 4.39. The molecule has 0 aliphatic heterocycles. The van der Waals surface area contributed by atoms with Gasteiger partial charge in [-0.15, -0.1) is 0 Å². The molecule has 0 aliphatic rings. The summed E-state index contributed by atoms with van der Waals surface area (Å²) in [6.45, 7) is 3.59. The molecule has 0 saturated heterocycles. The molecule has 0 unspecified atom stereocenters. The highest BCUT2D eigenvalue weighted by Gasteiger charge is 2.04. The van der Waals surface area contributed by atoms with Crippen LogP contribution in [0, 0.1) is 0 Å². The van der Waals surface area contributed by atoms with E-state index in [2.05, 4.69) is 36.2 Å². The van der Waals surface area contributed by atoms with Gasteiger partial charge in [-0.3, -0.25) is 0 Å². The Bertz CT molecular complexity index is 315. The fraction of sp³-hybridized carbons (Fsp3) is 0.571. The third-order valence-corrected chi connectivity index (χ3v) is 2.86. The fourth-order valence-corrected chi connectivity index (χ4v) is 1.96. The van der Waals surface area contributed by atoms with E-state index in [-0.39, 0.29) is 0 Å². The van der Waals surface area contributed by atoms with Crippen LogP contribution in [0.2, 0.25) is 0 Å². The van der Waals surface area contributed by atoms with E-state index in [1.807, 2.05) is 0 Å². The van der Waals surface area contributed by atoms with Gasteiger partial charge in [0, 0.05) is 26.8 Å². The van der Waals surface area contributed by atoms with Crippen LogP contribution in [-0.4, -0.2) is 38.8 Å². The van der Waals surface area contributed by atoms with Gasteiger partial charge in [-0.25, -0.2) is 0 Å². The van der Waals surface area contributed by atoms with E-state index >= 15 is 0 Å². The molecule has 1 rings (SSSR count). The molecule has 1 aromatic carbocycles. The van der Waals surface area contributed by atoms with Crippen molar-refractivity contribution in [1.29, 1.82) is 0 Å². The molecule has 0 atom stereocenters. The zero-order chi connectivity index (χ0) is 12.5. The van der Waals surface area contributed by atoms with E-state index in [0.29, 0.717) is 6.54 Å². The van der Waals surface area contributed by atoms with Crippen molar-refractivity contribution in [2.75, 3.05) is 33.9 Å². The van der Waals surface area contributed by atoms with Crippen LogP contribution >= 0.6 is 0 Å². The van der Waals surface area contributed by atoms with Crippen molar-refractivity contribution in [3.05, 3.63) is 35.4 Å². The first-order valence-corrected chi connectivity index (χ1v) is 6.22. The maximum atomic E-state index is 5.63. The molecule has 17 heavy (non-hydrogen) atoms. The van der Waals surface area contributed by atoms with Gasteiger partial charge in [0.05, 0.1) is 0 Å². The molecule has 3 heteroatoms. The van der Waals surface area contributed by atoms with Crippen molar-refractivity contribution in [3.8, 4) is 0 Å². The second-order valence-corrected chi connectivity index (χ2v) is 4.39. The third-order valence-electron chi connectivity index (χ3n) is 2.86. The Balaban J connectivity index is 2.48. The lowest BCUT2D eigenvalue weighted by Gasteiger charge is -2.18. The predicted molar refractivity (Wildman–Crippen MR) is 72.0 cm³/mol. The van der Waals surface area contributed by atoms with Crippen molar-refractivity contribution in [2.45, 2.75) is 19.4 Å². The number of ether oxygens (including phenoxy) is 1. The Hall–Kier alpha value is -0.900. The summed E-state index contributed by atoms with van der Waals surface area (Å²) < 4.78 is 5.06. The van der Waals surface area contributed by atoms with Crippen molar-refractivity contribution in [1.82, 2.24) is 4.90 Å². The highest BCUT2D eigenvalue weighted by molar-refractivity contribution is 5.27. The molecular weight excluding hydrogens is 212 g/mol. The van der Waals surface area contributed by atoms with Gasteiger partial charge in [-0.2, -0.15) is 0 Å². The number of nitrogens with two attached hydrogens (primary N) is 1. The zero-order valence-corrected chi connectivity index (χ0v) is 11.0. The molecule has 0 radical (unpaired) electrons. The van der Waals surface area contributed by atoms with Crippen LogP contribution in [0.15, 0.2) is 24.3 Å². The number of nitrogens with zero attached hydrogens (tertiary/aromatic N) is 1. The van der Waals surface area contributed by atoms with Crippen LogP contribution in [0.3, 0.4) is 0 Å². The van der Waals surface area contributed by atoms with Gasteiger partial charge in [-0.1, -0.05) is 24.3 Å². The van der Waals surface area contributed by atoms with E-state index in [1.54, 1.807) is 7.11 Å². The highest BCUT2D eigenvalue weighted by Crippen LogP contribution is 2.11. The van der Waals surface area contributed by atoms with Gasteiger partial charge in [-0.05, 0) is 37.6 Å². The van der Waals surface area contributed by atoms with Gasteiger partial charge >= 0.3 is 0 Å². The normalized spacial score (nSPS) is 11.1. The minimum atomic E-state index is 0.713. The number of benzene rings is 1. The van der Waals surface area contributed by atoms with Crippen molar-refractivity contribution < 1.29 is 4.74 Å². The summed E-state index contributed by atoms with van der Waals surface area (Å²) in [4.78, 5) is 2.33. The molecule has 3 nitrogen and oxygen atoms in total. The molecule has 96 valence electrons. The fourth-order valence-electron chi connectivity index (χ4n) is 1.96. The van der Waals surface area contributed by atoms with Crippen LogP contribution in [0.5, 0.6) is 0 Å². The van der Waals surface area contributed by atoms with Crippen LogP contribution < -0.4 is 5.73 Å². The topological polar surface area (TPSA) is 38.5 Å². The summed E-state index contributed by atoms with van der Waals surface area (Å²) in [5.74, 6) is 0. The molecule has 0 spiro atoms. The summed E-state index contributed by atoms with van der Waals surface area (Å²) in [5, 5.41) is 0. The molecule has 1 aromatic rings. The molecule has 0 amide bonds. The zero-order valence-electron chi connectivity index (χ0n) is 11.0. The minimum Gasteiger partial charge on any atom is -0.385 e. The summed E-state index contributed by atoms with van der Waals surface area (Å²) in [5.41, 5.74) is 8.38. The Kier molecular flexibility index (Phi) is 6.86. The summed E-state index contributed by atoms with van der Waals surface area (Å²) in [7, 11) is 3.89. The van der Waals surface area contributed by atoms with E-state index < -0.39 is 0 Å². The summed E-state index contributed by atoms with van der Waals surface area (Å²) in [6.07, 6.45) is 2.04. The summed E-state index contributed by atoms with van der Waals surface area (Å²) in [6, 6.07) is 8.54. The Labute approximate surface area is 105 Å². The van der Waals surface area contributed by atoms with Gasteiger partial charge in [0.1, 0.15) is 0 Å². The van der Waals surface area contributed by atoms with Crippen molar-refractivity contribution in [2.24, 2.45) is 5.73 Å². The Morgan fingerprint density at radius 1 is 1.24 bits per heavy atom. The molecular formula is C14H24N2O.